The van der Waals surface area contributed by atoms with Gasteiger partial charge < -0.3 is 9.47 Å². The molecule has 0 saturated carbocycles. The molecule has 0 radical (unpaired) electrons. The maximum Gasteiger partial charge on any atom is 0.128 e. The van der Waals surface area contributed by atoms with Crippen molar-refractivity contribution >= 4 is 22.7 Å². The molecule has 0 aliphatic carbocycles. The number of hydrogen-bond donors (Lipinski definition) is 0. The predicted molar refractivity (Wildman–Crippen MR) is 135 cm³/mol. The monoisotopic (exact) mass is 429 g/mol. The molecule has 33 heavy (non-hydrogen) atoms. The van der Waals surface area contributed by atoms with Crippen LogP contribution in [0.4, 0.5) is 5.69 Å². The van der Waals surface area contributed by atoms with Crippen molar-refractivity contribution in [1.29, 1.82) is 0 Å². The van der Waals surface area contributed by atoms with E-state index in [9.17, 15) is 0 Å². The van der Waals surface area contributed by atoms with Gasteiger partial charge in [-0.15, -0.1) is 0 Å². The molecule has 3 heteroatoms. The van der Waals surface area contributed by atoms with Crippen LogP contribution in [0.1, 0.15) is 11.1 Å². The lowest BCUT2D eigenvalue weighted by Crippen LogP contribution is -1.99. The van der Waals surface area contributed by atoms with E-state index in [1.54, 1.807) is 0 Å². The zero-order chi connectivity index (χ0) is 22.3. The first-order valence-electron chi connectivity index (χ1n) is 10.9. The molecule has 5 aromatic rings. The van der Waals surface area contributed by atoms with Crippen LogP contribution >= 0.6 is 0 Å². The molecule has 0 aliphatic heterocycles. The number of aliphatic imine (C=N–C) groups is 1. The summed E-state index contributed by atoms with van der Waals surface area (Å²) in [4.78, 5) is 4.63. The number of ether oxygens (including phenoxy) is 2. The Hall–Kier alpha value is -4.37. The number of rotatable bonds is 7. The summed E-state index contributed by atoms with van der Waals surface area (Å²) in [5, 5.41) is 2.43. The van der Waals surface area contributed by atoms with Crippen molar-refractivity contribution in [2.24, 2.45) is 4.99 Å². The summed E-state index contributed by atoms with van der Waals surface area (Å²) in [5.41, 5.74) is 2.94. The molecular formula is C30H23NO2. The Morgan fingerprint density at radius 3 is 2.18 bits per heavy atom. The van der Waals surface area contributed by atoms with Crippen LogP contribution in [0.5, 0.6) is 17.2 Å². The Bertz CT molecular complexity index is 1370. The number of hydrogen-bond acceptors (Lipinski definition) is 3. The van der Waals surface area contributed by atoms with Gasteiger partial charge in [0, 0.05) is 11.8 Å². The predicted octanol–water partition coefficient (Wildman–Crippen LogP) is 7.96. The molecule has 0 bridgehead atoms. The number of nitrogens with zero attached hydrogens (tertiary/aromatic N) is 1. The van der Waals surface area contributed by atoms with Crippen molar-refractivity contribution in [2.45, 2.75) is 6.61 Å². The largest absolute Gasteiger partial charge is 0.488 e. The van der Waals surface area contributed by atoms with Crippen LogP contribution in [-0.2, 0) is 6.61 Å². The smallest absolute Gasteiger partial charge is 0.128 e. The second-order valence-electron chi connectivity index (χ2n) is 7.63. The van der Waals surface area contributed by atoms with Crippen molar-refractivity contribution in [3.05, 3.63) is 132 Å². The van der Waals surface area contributed by atoms with Crippen molar-refractivity contribution in [1.82, 2.24) is 0 Å². The Morgan fingerprint density at radius 2 is 1.30 bits per heavy atom. The summed E-state index contributed by atoms with van der Waals surface area (Å²) >= 11 is 0. The highest BCUT2D eigenvalue weighted by Crippen LogP contribution is 2.25. The minimum atomic E-state index is 0.498. The molecule has 0 amide bonds. The summed E-state index contributed by atoms with van der Waals surface area (Å²) in [7, 11) is 0. The highest BCUT2D eigenvalue weighted by atomic mass is 16.5. The molecule has 5 rings (SSSR count). The minimum absolute atomic E-state index is 0.498. The Morgan fingerprint density at radius 1 is 0.606 bits per heavy atom. The minimum Gasteiger partial charge on any atom is -0.488 e. The average Bonchev–Trinajstić information content (AvgIpc) is 2.88. The molecule has 160 valence electrons. The maximum atomic E-state index is 6.19. The molecule has 3 nitrogen and oxygen atoms in total. The van der Waals surface area contributed by atoms with Gasteiger partial charge in [0.15, 0.2) is 0 Å². The van der Waals surface area contributed by atoms with Crippen molar-refractivity contribution in [2.75, 3.05) is 0 Å². The van der Waals surface area contributed by atoms with Crippen LogP contribution in [0.2, 0.25) is 0 Å². The molecule has 0 spiro atoms. The summed E-state index contributed by atoms with van der Waals surface area (Å²) in [5.74, 6) is 2.39. The van der Waals surface area contributed by atoms with Crippen molar-refractivity contribution in [3.63, 3.8) is 0 Å². The van der Waals surface area contributed by atoms with Crippen LogP contribution in [0.15, 0.2) is 126 Å². The van der Waals surface area contributed by atoms with Gasteiger partial charge >= 0.3 is 0 Å². The van der Waals surface area contributed by atoms with E-state index in [4.69, 9.17) is 9.47 Å². The summed E-state index contributed by atoms with van der Waals surface area (Å²) in [6.45, 7) is 0.498. The van der Waals surface area contributed by atoms with Gasteiger partial charge in [0.2, 0.25) is 0 Å². The topological polar surface area (TPSA) is 30.8 Å². The van der Waals surface area contributed by atoms with E-state index in [-0.39, 0.29) is 0 Å². The number of fused-ring (bicyclic) bond motifs is 1. The van der Waals surface area contributed by atoms with Gasteiger partial charge in [-0.2, -0.15) is 0 Å². The SMILES string of the molecule is C(=Nc1ccc(Oc2ccccc2)cc1)c1ccccc1OCc1cccc2ccccc12. The standard InChI is InChI=1S/C30H23NO2/c1-2-13-27(14-3-1)33-28-19-17-26(18-20-28)31-21-24-10-5-7-16-30(24)32-22-25-12-8-11-23-9-4-6-15-29(23)25/h1-21H,22H2. The lowest BCUT2D eigenvalue weighted by molar-refractivity contribution is 0.307. The normalized spacial score (nSPS) is 11.0. The Kier molecular flexibility index (Phi) is 6.12. The molecular weight excluding hydrogens is 406 g/mol. The third-order valence-electron chi connectivity index (χ3n) is 5.35. The highest BCUT2D eigenvalue weighted by molar-refractivity contribution is 5.86. The van der Waals surface area contributed by atoms with Crippen LogP contribution in [0.25, 0.3) is 10.8 Å². The second kappa shape index (κ2) is 9.84. The van der Waals surface area contributed by atoms with Gasteiger partial charge in [0.1, 0.15) is 23.9 Å². The number of benzene rings is 5. The fourth-order valence-corrected chi connectivity index (χ4v) is 3.66. The second-order valence-corrected chi connectivity index (χ2v) is 7.63. The zero-order valence-electron chi connectivity index (χ0n) is 18.1. The Labute approximate surface area is 193 Å². The van der Waals surface area contributed by atoms with E-state index >= 15 is 0 Å². The Balaban J connectivity index is 1.29. The van der Waals surface area contributed by atoms with E-state index in [2.05, 4.69) is 47.5 Å². The van der Waals surface area contributed by atoms with E-state index in [0.29, 0.717) is 6.61 Å². The van der Waals surface area contributed by atoms with Gasteiger partial charge in [-0.1, -0.05) is 72.8 Å². The molecule has 0 fully saturated rings. The first-order valence-corrected chi connectivity index (χ1v) is 10.9. The van der Waals surface area contributed by atoms with Gasteiger partial charge in [-0.3, -0.25) is 4.99 Å². The molecule has 0 aliphatic rings. The fraction of sp³-hybridized carbons (Fsp3) is 0.0333. The van der Waals surface area contributed by atoms with Crippen LogP contribution in [0, 0.1) is 0 Å². The third kappa shape index (κ3) is 5.10. The van der Waals surface area contributed by atoms with Gasteiger partial charge in [0.25, 0.3) is 0 Å². The average molecular weight is 430 g/mol. The van der Waals surface area contributed by atoms with Gasteiger partial charge in [-0.25, -0.2) is 0 Å². The van der Waals surface area contributed by atoms with Gasteiger partial charge in [-0.05, 0) is 64.9 Å². The van der Waals surface area contributed by atoms with E-state index in [0.717, 1.165) is 34.1 Å². The van der Waals surface area contributed by atoms with Crippen molar-refractivity contribution < 1.29 is 9.47 Å². The molecule has 0 saturated heterocycles. The first-order chi connectivity index (χ1) is 16.3. The molecule has 0 N–H and O–H groups in total. The van der Waals surface area contributed by atoms with Crippen LogP contribution in [-0.4, -0.2) is 6.21 Å². The fourth-order valence-electron chi connectivity index (χ4n) is 3.66. The van der Waals surface area contributed by atoms with Crippen LogP contribution < -0.4 is 9.47 Å². The quantitative estimate of drug-likeness (QED) is 0.246. The first kappa shape index (κ1) is 20.5. The molecule has 0 atom stereocenters. The van der Waals surface area contributed by atoms with E-state index in [1.807, 2.05) is 85.1 Å². The highest BCUT2D eigenvalue weighted by Gasteiger charge is 2.05. The molecule has 0 aromatic heterocycles. The molecule has 0 unspecified atom stereocenters. The summed E-state index contributed by atoms with van der Waals surface area (Å²) in [6.07, 6.45) is 1.84. The van der Waals surface area contributed by atoms with E-state index < -0.39 is 0 Å². The zero-order valence-corrected chi connectivity index (χ0v) is 18.1. The lowest BCUT2D eigenvalue weighted by Gasteiger charge is -2.11. The summed E-state index contributed by atoms with van der Waals surface area (Å²) in [6, 6.07) is 40.1. The maximum absolute atomic E-state index is 6.19. The number of para-hydroxylation sites is 2. The molecule has 0 heterocycles. The lowest BCUT2D eigenvalue weighted by atomic mass is 10.1. The van der Waals surface area contributed by atoms with E-state index in [1.165, 1.54) is 10.8 Å². The molecule has 5 aromatic carbocycles. The van der Waals surface area contributed by atoms with Crippen LogP contribution in [0.3, 0.4) is 0 Å². The third-order valence-corrected chi connectivity index (χ3v) is 5.35. The van der Waals surface area contributed by atoms with Crippen molar-refractivity contribution in [3.8, 4) is 17.2 Å². The summed E-state index contributed by atoms with van der Waals surface area (Å²) < 4.78 is 12.0. The van der Waals surface area contributed by atoms with Gasteiger partial charge in [0.05, 0.1) is 5.69 Å².